The Morgan fingerprint density at radius 3 is 2.50 bits per heavy atom. The van der Waals surface area contributed by atoms with E-state index in [2.05, 4.69) is 56.8 Å². The molecule has 2 fully saturated rings. The van der Waals surface area contributed by atoms with Gasteiger partial charge in [-0.05, 0) is 82.3 Å². The molecular weight excluding hydrogens is 506 g/mol. The lowest BCUT2D eigenvalue weighted by molar-refractivity contribution is -0.145. The summed E-state index contributed by atoms with van der Waals surface area (Å²) in [6.45, 7) is 12.0. The van der Waals surface area contributed by atoms with E-state index in [0.29, 0.717) is 18.0 Å². The molecule has 1 spiro atoms. The minimum atomic E-state index is -0.789. The fraction of sp³-hybridized carbons (Fsp3) is 0.688. The molecule has 1 amide bonds. The number of hydrogen-bond donors (Lipinski definition) is 1. The van der Waals surface area contributed by atoms with E-state index in [4.69, 9.17) is 9.47 Å². The van der Waals surface area contributed by atoms with Crippen molar-refractivity contribution in [2.75, 3.05) is 53.6 Å². The molecule has 4 rings (SSSR count). The van der Waals surface area contributed by atoms with Crippen LogP contribution in [0.3, 0.4) is 0 Å². The van der Waals surface area contributed by atoms with Crippen molar-refractivity contribution in [3.63, 3.8) is 0 Å². The van der Waals surface area contributed by atoms with Gasteiger partial charge < -0.3 is 24.4 Å². The van der Waals surface area contributed by atoms with Crippen LogP contribution in [0.2, 0.25) is 0 Å². The lowest BCUT2D eigenvalue weighted by Crippen LogP contribution is -2.48. The second-order valence-electron chi connectivity index (χ2n) is 12.7. The van der Waals surface area contributed by atoms with Crippen LogP contribution in [0.4, 0.5) is 0 Å². The van der Waals surface area contributed by atoms with E-state index in [0.717, 1.165) is 57.3 Å². The van der Waals surface area contributed by atoms with Crippen molar-refractivity contribution < 1.29 is 24.2 Å². The van der Waals surface area contributed by atoms with Crippen molar-refractivity contribution >= 4 is 11.9 Å². The normalized spacial score (nSPS) is 25.8. The van der Waals surface area contributed by atoms with Crippen LogP contribution >= 0.6 is 0 Å². The van der Waals surface area contributed by atoms with Crippen LogP contribution in [0.25, 0.3) is 0 Å². The van der Waals surface area contributed by atoms with Crippen molar-refractivity contribution in [2.24, 2.45) is 17.3 Å². The maximum absolute atomic E-state index is 13.9. The third-order valence-electron chi connectivity index (χ3n) is 9.25. The number of rotatable bonds is 14. The van der Waals surface area contributed by atoms with Gasteiger partial charge in [-0.2, -0.15) is 0 Å². The number of carbonyl (C=O) groups excluding carboxylic acids is 1. The molecule has 8 nitrogen and oxygen atoms in total. The first-order valence-corrected chi connectivity index (χ1v) is 15.0. The molecule has 1 aromatic carbocycles. The number of unbranched alkanes of at least 4 members (excludes halogenated alkanes) is 2. The molecule has 3 aliphatic rings. The van der Waals surface area contributed by atoms with Gasteiger partial charge in [-0.1, -0.05) is 45.4 Å². The lowest BCUT2D eigenvalue weighted by atomic mass is 9.77. The molecule has 4 atom stereocenters. The zero-order valence-electron chi connectivity index (χ0n) is 25.3. The maximum atomic E-state index is 13.9. The molecule has 1 N–H and O–H groups in total. The number of carbonyl (C=O) groups is 2. The molecule has 40 heavy (non-hydrogen) atoms. The molecule has 2 heterocycles. The fourth-order valence-corrected chi connectivity index (χ4v) is 7.22. The molecule has 1 saturated heterocycles. The van der Waals surface area contributed by atoms with Crippen molar-refractivity contribution in [3.05, 3.63) is 35.9 Å². The Balaban J connectivity index is 1.62. The number of aliphatic carboxylic acids is 1. The van der Waals surface area contributed by atoms with Crippen LogP contribution in [0.1, 0.15) is 71.3 Å². The molecule has 1 aromatic rings. The SMILES string of the molecule is C/C=C/C(C)(C)[C@@H]1CC12[C@H](C(=O)O)[C@@H](c1ccc3c(c1)OCO3)CN2CC(=O)N(CCCC)CCCCN(C)C. The van der Waals surface area contributed by atoms with E-state index < -0.39 is 17.4 Å². The summed E-state index contributed by atoms with van der Waals surface area (Å²) in [5.74, 6) is -0.0291. The Labute approximate surface area is 240 Å². The van der Waals surface area contributed by atoms with Crippen molar-refractivity contribution in [1.82, 2.24) is 14.7 Å². The lowest BCUT2D eigenvalue weighted by Gasteiger charge is -2.34. The van der Waals surface area contributed by atoms with Crippen molar-refractivity contribution in [2.45, 2.75) is 71.3 Å². The van der Waals surface area contributed by atoms with E-state index in [9.17, 15) is 14.7 Å². The van der Waals surface area contributed by atoms with Gasteiger partial charge in [0.1, 0.15) is 0 Å². The first kappa shape index (κ1) is 30.4. The van der Waals surface area contributed by atoms with E-state index in [1.807, 2.05) is 30.0 Å². The van der Waals surface area contributed by atoms with E-state index in [1.54, 1.807) is 0 Å². The minimum absolute atomic E-state index is 0.114. The quantitative estimate of drug-likeness (QED) is 0.260. The van der Waals surface area contributed by atoms with E-state index >= 15 is 0 Å². The number of benzene rings is 1. The second kappa shape index (κ2) is 12.5. The summed E-state index contributed by atoms with van der Waals surface area (Å²) in [6.07, 6.45) is 9.03. The maximum Gasteiger partial charge on any atom is 0.309 e. The third kappa shape index (κ3) is 6.18. The van der Waals surface area contributed by atoms with Gasteiger partial charge in [-0.25, -0.2) is 0 Å². The molecule has 1 aliphatic carbocycles. The number of nitrogens with zero attached hydrogens (tertiary/aromatic N) is 3. The monoisotopic (exact) mass is 555 g/mol. The molecular formula is C32H49N3O5. The average molecular weight is 556 g/mol. The molecule has 0 radical (unpaired) electrons. The minimum Gasteiger partial charge on any atom is -0.481 e. The van der Waals surface area contributed by atoms with Crippen LogP contribution in [0.15, 0.2) is 30.4 Å². The summed E-state index contributed by atoms with van der Waals surface area (Å²) in [5.41, 5.74) is 0.195. The van der Waals surface area contributed by atoms with Crippen molar-refractivity contribution in [1.29, 1.82) is 0 Å². The van der Waals surface area contributed by atoms with Gasteiger partial charge in [-0.15, -0.1) is 0 Å². The fourth-order valence-electron chi connectivity index (χ4n) is 7.22. The Kier molecular flexibility index (Phi) is 9.51. The first-order valence-electron chi connectivity index (χ1n) is 15.0. The predicted molar refractivity (Wildman–Crippen MR) is 157 cm³/mol. The zero-order chi connectivity index (χ0) is 29.1. The van der Waals surface area contributed by atoms with Crippen molar-refractivity contribution in [3.8, 4) is 11.5 Å². The molecule has 222 valence electrons. The third-order valence-corrected chi connectivity index (χ3v) is 9.25. The summed E-state index contributed by atoms with van der Waals surface area (Å²) < 4.78 is 11.1. The molecule has 0 aromatic heterocycles. The highest BCUT2D eigenvalue weighted by Gasteiger charge is 2.73. The average Bonchev–Trinajstić information content (AvgIpc) is 3.33. The van der Waals surface area contributed by atoms with Crippen LogP contribution in [-0.2, 0) is 9.59 Å². The zero-order valence-corrected chi connectivity index (χ0v) is 25.3. The summed E-state index contributed by atoms with van der Waals surface area (Å²) in [6, 6.07) is 5.79. The highest BCUT2D eigenvalue weighted by atomic mass is 16.7. The van der Waals surface area contributed by atoms with Crippen LogP contribution in [0.5, 0.6) is 11.5 Å². The van der Waals surface area contributed by atoms with Crippen LogP contribution < -0.4 is 9.47 Å². The van der Waals surface area contributed by atoms with Gasteiger partial charge in [0.25, 0.3) is 0 Å². The second-order valence-corrected chi connectivity index (χ2v) is 12.7. The van der Waals surface area contributed by atoms with E-state index in [-0.39, 0.29) is 36.5 Å². The standard InChI is InChI=1S/C32H49N3O5/c1-7-9-16-34(17-11-10-15-33(5)6)28(36)21-35-20-24(23-12-13-25-26(18-23)40-22-39-25)29(30(37)38)32(35)19-27(32)31(3,4)14-8-2/h8,12-14,18,24,27,29H,7,9-11,15-17,19-22H2,1-6H3,(H,37,38)/b14-8+/t24-,27+,29+,32?/m1/s1. The predicted octanol–water partition coefficient (Wildman–Crippen LogP) is 4.85. The highest BCUT2D eigenvalue weighted by Crippen LogP contribution is 2.67. The smallest absolute Gasteiger partial charge is 0.309 e. The largest absolute Gasteiger partial charge is 0.481 e. The molecule has 8 heteroatoms. The summed E-state index contributed by atoms with van der Waals surface area (Å²) in [7, 11) is 4.15. The molecule has 2 aliphatic heterocycles. The number of allylic oxidation sites excluding steroid dienone is 2. The van der Waals surface area contributed by atoms with E-state index in [1.165, 1.54) is 0 Å². The number of fused-ring (bicyclic) bond motifs is 1. The Morgan fingerprint density at radius 2 is 1.82 bits per heavy atom. The van der Waals surface area contributed by atoms with Gasteiger partial charge in [0.15, 0.2) is 11.5 Å². The van der Waals surface area contributed by atoms with Gasteiger partial charge in [-0.3, -0.25) is 14.5 Å². The Morgan fingerprint density at radius 1 is 1.12 bits per heavy atom. The van der Waals surface area contributed by atoms with Crippen LogP contribution in [0, 0.1) is 17.3 Å². The highest BCUT2D eigenvalue weighted by molar-refractivity contribution is 5.80. The number of carboxylic acids is 1. The number of likely N-dealkylation sites (tertiary alicyclic amines) is 1. The topological polar surface area (TPSA) is 82.5 Å². The van der Waals surface area contributed by atoms with Crippen LogP contribution in [-0.4, -0.2) is 90.8 Å². The Bertz CT molecular complexity index is 1090. The van der Waals surface area contributed by atoms with Gasteiger partial charge >= 0.3 is 5.97 Å². The summed E-state index contributed by atoms with van der Waals surface area (Å²) in [4.78, 5) is 33.3. The molecule has 1 unspecified atom stereocenters. The first-order chi connectivity index (χ1) is 19.0. The number of ether oxygens (including phenoxy) is 2. The number of amides is 1. The summed E-state index contributed by atoms with van der Waals surface area (Å²) >= 11 is 0. The molecule has 1 saturated carbocycles. The number of carboxylic acid groups (broad SMARTS) is 1. The summed E-state index contributed by atoms with van der Waals surface area (Å²) in [5, 5.41) is 10.7. The van der Waals surface area contributed by atoms with Gasteiger partial charge in [0.05, 0.1) is 12.5 Å². The number of hydrogen-bond acceptors (Lipinski definition) is 6. The van der Waals surface area contributed by atoms with Gasteiger partial charge in [0.2, 0.25) is 12.7 Å². The van der Waals surface area contributed by atoms with Gasteiger partial charge in [0, 0.05) is 31.1 Å². The molecule has 0 bridgehead atoms. The Hall–Kier alpha value is -2.58.